The number of rotatable bonds is 19. The summed E-state index contributed by atoms with van der Waals surface area (Å²) in [4.78, 5) is 45.2. The number of ether oxygens (including phenoxy) is 1. The Balaban J connectivity index is 1.83. The smallest absolute Gasteiger partial charge is 0.310 e. The Morgan fingerprint density at radius 2 is 1.92 bits per heavy atom. The minimum Gasteiger partial charge on any atom is -0.465 e. The summed E-state index contributed by atoms with van der Waals surface area (Å²) >= 11 is 1.71. The molecule has 2 bridgehead atoms. The Morgan fingerprint density at radius 1 is 1.13 bits per heavy atom. The Labute approximate surface area is 233 Å². The highest BCUT2D eigenvalue weighted by molar-refractivity contribution is 8.02. The van der Waals surface area contributed by atoms with Crippen LogP contribution in [0.3, 0.4) is 0 Å². The van der Waals surface area contributed by atoms with E-state index in [1.165, 1.54) is 0 Å². The van der Waals surface area contributed by atoms with Gasteiger partial charge in [-0.1, -0.05) is 44.8 Å². The number of fused-ring (bicyclic) bond motifs is 1. The van der Waals surface area contributed by atoms with Crippen molar-refractivity contribution in [3.8, 4) is 0 Å². The fourth-order valence-corrected chi connectivity index (χ4v) is 8.72. The van der Waals surface area contributed by atoms with Crippen LogP contribution in [0.15, 0.2) is 25.3 Å². The number of carbonyl (C=O) groups excluding carboxylic acids is 3. The fraction of sp³-hybridized carbons (Fsp3) is 0.767. The molecule has 0 aromatic rings. The van der Waals surface area contributed by atoms with Crippen molar-refractivity contribution in [1.29, 1.82) is 0 Å². The summed E-state index contributed by atoms with van der Waals surface area (Å²) in [5.41, 5.74) is 0. The maximum Gasteiger partial charge on any atom is 0.310 e. The molecule has 2 unspecified atom stereocenters. The maximum atomic E-state index is 14.2. The van der Waals surface area contributed by atoms with Crippen LogP contribution >= 0.6 is 11.8 Å². The van der Waals surface area contributed by atoms with E-state index < -0.39 is 22.6 Å². The monoisotopic (exact) mass is 548 g/mol. The number of hydrogen-bond acceptors (Lipinski definition) is 6. The molecule has 3 heterocycles. The second kappa shape index (κ2) is 15.1. The number of likely N-dealkylation sites (tertiary alicyclic amines) is 1. The van der Waals surface area contributed by atoms with Gasteiger partial charge in [0.05, 0.1) is 23.2 Å². The van der Waals surface area contributed by atoms with E-state index >= 15 is 0 Å². The first-order valence-corrected chi connectivity index (χ1v) is 15.6. The zero-order valence-corrected chi connectivity index (χ0v) is 24.1. The third-order valence-corrected chi connectivity index (χ3v) is 10.3. The van der Waals surface area contributed by atoms with E-state index in [0.29, 0.717) is 26.2 Å². The molecular formula is C30H48N2O5S. The second-order valence-corrected chi connectivity index (χ2v) is 12.6. The summed E-state index contributed by atoms with van der Waals surface area (Å²) in [6.07, 6.45) is 14.2. The largest absolute Gasteiger partial charge is 0.465 e. The molecule has 38 heavy (non-hydrogen) atoms. The molecule has 5 atom stereocenters. The third-order valence-electron chi connectivity index (χ3n) is 8.35. The maximum absolute atomic E-state index is 14.2. The number of nitrogens with zero attached hydrogens (tertiary/aromatic N) is 2. The first-order chi connectivity index (χ1) is 18.5. The van der Waals surface area contributed by atoms with Crippen molar-refractivity contribution in [2.75, 3.05) is 32.8 Å². The Hall–Kier alpha value is -1.80. The second-order valence-electron chi connectivity index (χ2n) is 11.0. The van der Waals surface area contributed by atoms with Crippen LogP contribution in [0, 0.1) is 11.8 Å². The van der Waals surface area contributed by atoms with Gasteiger partial charge in [0.25, 0.3) is 0 Å². The zero-order chi connectivity index (χ0) is 27.5. The van der Waals surface area contributed by atoms with Gasteiger partial charge in [-0.15, -0.1) is 24.9 Å². The van der Waals surface area contributed by atoms with Crippen LogP contribution in [-0.2, 0) is 19.1 Å². The van der Waals surface area contributed by atoms with Crippen LogP contribution in [0.2, 0.25) is 0 Å². The normalized spacial score (nSPS) is 27.4. The van der Waals surface area contributed by atoms with Crippen molar-refractivity contribution >= 4 is 29.5 Å². The van der Waals surface area contributed by atoms with Gasteiger partial charge in [-0.05, 0) is 51.4 Å². The lowest BCUT2D eigenvalue weighted by molar-refractivity contribution is -0.154. The molecule has 0 aromatic carbocycles. The number of unbranched alkanes of at least 4 members (excludes halogenated alkanes) is 7. The Morgan fingerprint density at radius 3 is 2.63 bits per heavy atom. The van der Waals surface area contributed by atoms with Gasteiger partial charge in [0.2, 0.25) is 11.8 Å². The van der Waals surface area contributed by atoms with Gasteiger partial charge < -0.3 is 19.6 Å². The molecular weight excluding hydrogens is 500 g/mol. The third kappa shape index (κ3) is 6.67. The number of hydrogen-bond donors (Lipinski definition) is 1. The standard InChI is InChI=1S/C30H48N2O5S/c1-4-7-9-15-22-37-29(36)24-23-16-17-30(38-23)25(24)27(34)32(20-13-10-11-14-21-33)26(30)28(35)31(18-6-3)19-12-8-5-2/h4,6,23-26,33H,1,3,5,7-22H2,2H3/t23-,24+,25-,26?,30?/m0/s1. The molecule has 8 heteroatoms. The Kier molecular flexibility index (Phi) is 12.2. The quantitative estimate of drug-likeness (QED) is 0.143. The highest BCUT2D eigenvalue weighted by Gasteiger charge is 2.74. The summed E-state index contributed by atoms with van der Waals surface area (Å²) in [5.74, 6) is -1.31. The average Bonchev–Trinajstić information content (AvgIpc) is 3.55. The average molecular weight is 549 g/mol. The van der Waals surface area contributed by atoms with E-state index in [9.17, 15) is 14.4 Å². The molecule has 0 radical (unpaired) electrons. The van der Waals surface area contributed by atoms with E-state index in [1.807, 2.05) is 11.0 Å². The number of aliphatic hydroxyl groups is 1. The summed E-state index contributed by atoms with van der Waals surface area (Å²) in [5, 5.41) is 9.15. The van der Waals surface area contributed by atoms with E-state index in [4.69, 9.17) is 9.84 Å². The predicted molar refractivity (Wildman–Crippen MR) is 153 cm³/mol. The van der Waals surface area contributed by atoms with Crippen molar-refractivity contribution < 1.29 is 24.2 Å². The summed E-state index contributed by atoms with van der Waals surface area (Å²) in [7, 11) is 0. The zero-order valence-electron chi connectivity index (χ0n) is 23.3. The molecule has 3 rings (SSSR count). The number of thioether (sulfide) groups is 1. The molecule has 1 spiro atoms. The number of allylic oxidation sites excluding steroid dienone is 1. The molecule has 3 fully saturated rings. The van der Waals surface area contributed by atoms with Crippen molar-refractivity contribution in [3.63, 3.8) is 0 Å². The molecule has 1 N–H and O–H groups in total. The SMILES string of the molecule is C=CCCCCOC(=O)[C@@H]1[C@@H]2CCC3(S2)C(C(=O)N(CC=C)CCCCC)N(CCCCCCO)C(=O)[C@H]13. The summed E-state index contributed by atoms with van der Waals surface area (Å²) in [6.45, 7) is 11.9. The van der Waals surface area contributed by atoms with Crippen molar-refractivity contribution in [2.45, 2.75) is 100 Å². The summed E-state index contributed by atoms with van der Waals surface area (Å²) < 4.78 is 5.13. The first-order valence-electron chi connectivity index (χ1n) is 14.7. The van der Waals surface area contributed by atoms with Crippen molar-refractivity contribution in [3.05, 3.63) is 25.3 Å². The molecule has 3 aliphatic heterocycles. The minimum absolute atomic E-state index is 0.00111. The number of amides is 2. The van der Waals surface area contributed by atoms with Crippen LogP contribution in [-0.4, -0.2) is 81.6 Å². The fourth-order valence-electron chi connectivity index (χ4n) is 6.52. The minimum atomic E-state index is -0.569. The van der Waals surface area contributed by atoms with E-state index in [0.717, 1.165) is 77.0 Å². The topological polar surface area (TPSA) is 87.2 Å². The van der Waals surface area contributed by atoms with Gasteiger partial charge in [-0.3, -0.25) is 14.4 Å². The van der Waals surface area contributed by atoms with E-state index in [1.54, 1.807) is 22.7 Å². The highest BCUT2D eigenvalue weighted by atomic mass is 32.2. The van der Waals surface area contributed by atoms with Gasteiger partial charge in [0.15, 0.2) is 0 Å². The number of esters is 1. The van der Waals surface area contributed by atoms with Crippen molar-refractivity contribution in [2.24, 2.45) is 11.8 Å². The first kappa shape index (κ1) is 30.7. The van der Waals surface area contributed by atoms with Gasteiger partial charge in [-0.2, -0.15) is 0 Å². The van der Waals surface area contributed by atoms with Crippen molar-refractivity contribution in [1.82, 2.24) is 9.80 Å². The molecule has 0 saturated carbocycles. The number of aliphatic hydroxyl groups excluding tert-OH is 1. The van der Waals surface area contributed by atoms with E-state index in [-0.39, 0.29) is 29.6 Å². The van der Waals surface area contributed by atoms with E-state index in [2.05, 4.69) is 20.1 Å². The number of carbonyl (C=O) groups is 3. The lowest BCUT2D eigenvalue weighted by atomic mass is 9.71. The molecule has 3 saturated heterocycles. The Bertz CT molecular complexity index is 835. The van der Waals surface area contributed by atoms with Crippen LogP contribution in [0.1, 0.15) is 84.0 Å². The van der Waals surface area contributed by atoms with Gasteiger partial charge in [0, 0.05) is 31.5 Å². The molecule has 0 aliphatic carbocycles. The van der Waals surface area contributed by atoms with Gasteiger partial charge in [0.1, 0.15) is 6.04 Å². The lowest BCUT2D eigenvalue weighted by Gasteiger charge is -2.37. The van der Waals surface area contributed by atoms with Gasteiger partial charge in [-0.25, -0.2) is 0 Å². The van der Waals surface area contributed by atoms with Crippen LogP contribution in [0.5, 0.6) is 0 Å². The van der Waals surface area contributed by atoms with Gasteiger partial charge >= 0.3 is 5.97 Å². The summed E-state index contributed by atoms with van der Waals surface area (Å²) in [6, 6.07) is -0.556. The molecule has 7 nitrogen and oxygen atoms in total. The molecule has 214 valence electrons. The molecule has 2 amide bonds. The van der Waals surface area contributed by atoms with Crippen LogP contribution < -0.4 is 0 Å². The molecule has 3 aliphatic rings. The van der Waals surface area contributed by atoms with Crippen LogP contribution in [0.25, 0.3) is 0 Å². The van der Waals surface area contributed by atoms with Crippen LogP contribution in [0.4, 0.5) is 0 Å². The molecule has 0 aromatic heterocycles. The lowest BCUT2D eigenvalue weighted by Crippen LogP contribution is -2.55. The highest BCUT2D eigenvalue weighted by Crippen LogP contribution is 2.66. The predicted octanol–water partition coefficient (Wildman–Crippen LogP) is 4.73.